The van der Waals surface area contributed by atoms with Crippen LogP contribution >= 0.6 is 0 Å². The molecule has 0 spiro atoms. The van der Waals surface area contributed by atoms with E-state index in [1.165, 1.54) is 31.4 Å². The highest BCUT2D eigenvalue weighted by molar-refractivity contribution is 5.93. The Kier molecular flexibility index (Phi) is 4.74. The standard InChI is InChI=1S/C15H18O5/c1-19-14(17)10-6-8-11(9-7-10)15(18)20-13-5-3-2-4-12(13)16/h6-9,12-13,16H,2-5H2,1H3. The Morgan fingerprint density at radius 1 is 1.05 bits per heavy atom. The minimum Gasteiger partial charge on any atom is -0.465 e. The van der Waals surface area contributed by atoms with E-state index in [0.29, 0.717) is 24.0 Å². The summed E-state index contributed by atoms with van der Waals surface area (Å²) in [6.45, 7) is 0. The van der Waals surface area contributed by atoms with Crippen LogP contribution in [0.2, 0.25) is 0 Å². The summed E-state index contributed by atoms with van der Waals surface area (Å²) >= 11 is 0. The fourth-order valence-electron chi connectivity index (χ4n) is 2.28. The number of aliphatic hydroxyl groups is 1. The van der Waals surface area contributed by atoms with Gasteiger partial charge in [0.25, 0.3) is 0 Å². The van der Waals surface area contributed by atoms with Gasteiger partial charge in [-0.3, -0.25) is 0 Å². The van der Waals surface area contributed by atoms with E-state index >= 15 is 0 Å². The van der Waals surface area contributed by atoms with Gasteiger partial charge in [0.15, 0.2) is 0 Å². The molecule has 0 amide bonds. The number of benzene rings is 1. The molecule has 1 N–H and O–H groups in total. The highest BCUT2D eigenvalue weighted by atomic mass is 16.6. The summed E-state index contributed by atoms with van der Waals surface area (Å²) in [6.07, 6.45) is 2.25. The van der Waals surface area contributed by atoms with Gasteiger partial charge in [0.05, 0.1) is 24.3 Å². The van der Waals surface area contributed by atoms with Gasteiger partial charge in [0.1, 0.15) is 6.10 Å². The third-order valence-corrected chi connectivity index (χ3v) is 3.47. The van der Waals surface area contributed by atoms with Crippen molar-refractivity contribution in [1.82, 2.24) is 0 Å². The van der Waals surface area contributed by atoms with E-state index in [-0.39, 0.29) is 0 Å². The van der Waals surface area contributed by atoms with Gasteiger partial charge in [-0.2, -0.15) is 0 Å². The Bertz CT molecular complexity index is 480. The van der Waals surface area contributed by atoms with E-state index in [0.717, 1.165) is 12.8 Å². The molecule has 1 aromatic rings. The zero-order valence-corrected chi connectivity index (χ0v) is 11.4. The summed E-state index contributed by atoms with van der Waals surface area (Å²) in [5, 5.41) is 9.78. The van der Waals surface area contributed by atoms with Gasteiger partial charge in [0.2, 0.25) is 0 Å². The van der Waals surface area contributed by atoms with E-state index in [1.807, 2.05) is 0 Å². The number of carbonyl (C=O) groups is 2. The number of carbonyl (C=O) groups excluding carboxylic acids is 2. The lowest BCUT2D eigenvalue weighted by molar-refractivity contribution is -0.0360. The lowest BCUT2D eigenvalue weighted by atomic mass is 9.95. The molecule has 1 aliphatic rings. The van der Waals surface area contributed by atoms with E-state index in [4.69, 9.17) is 4.74 Å². The molecule has 0 radical (unpaired) electrons. The van der Waals surface area contributed by atoms with Crippen LogP contribution < -0.4 is 0 Å². The first-order valence-electron chi connectivity index (χ1n) is 6.69. The number of hydrogen-bond donors (Lipinski definition) is 1. The van der Waals surface area contributed by atoms with Crippen LogP contribution in [0.1, 0.15) is 46.4 Å². The van der Waals surface area contributed by atoms with Gasteiger partial charge in [0, 0.05) is 0 Å². The fraction of sp³-hybridized carbons (Fsp3) is 0.467. The normalized spacial score (nSPS) is 22.1. The molecule has 2 rings (SSSR count). The van der Waals surface area contributed by atoms with Crippen molar-refractivity contribution in [3.8, 4) is 0 Å². The molecule has 2 atom stereocenters. The minimum absolute atomic E-state index is 0.357. The number of hydrogen-bond acceptors (Lipinski definition) is 5. The first-order chi connectivity index (χ1) is 9.61. The molecule has 0 aliphatic heterocycles. The lowest BCUT2D eigenvalue weighted by Gasteiger charge is -2.27. The molecule has 0 aromatic heterocycles. The summed E-state index contributed by atoms with van der Waals surface area (Å²) in [6, 6.07) is 6.06. The van der Waals surface area contributed by atoms with Crippen molar-refractivity contribution in [2.75, 3.05) is 7.11 Å². The molecule has 1 aliphatic carbocycles. The smallest absolute Gasteiger partial charge is 0.338 e. The quantitative estimate of drug-likeness (QED) is 0.855. The van der Waals surface area contributed by atoms with Gasteiger partial charge in [-0.25, -0.2) is 9.59 Å². The monoisotopic (exact) mass is 278 g/mol. The molecular formula is C15H18O5. The van der Waals surface area contributed by atoms with Crippen LogP contribution in [0.4, 0.5) is 0 Å². The topological polar surface area (TPSA) is 72.8 Å². The van der Waals surface area contributed by atoms with Crippen LogP contribution in [0.3, 0.4) is 0 Å². The van der Waals surface area contributed by atoms with E-state index in [2.05, 4.69) is 4.74 Å². The second kappa shape index (κ2) is 6.52. The molecule has 0 saturated heterocycles. The second-order valence-electron chi connectivity index (χ2n) is 4.86. The summed E-state index contributed by atoms with van der Waals surface area (Å²) < 4.78 is 9.90. The molecule has 5 nitrogen and oxygen atoms in total. The van der Waals surface area contributed by atoms with Gasteiger partial charge in [-0.15, -0.1) is 0 Å². The average molecular weight is 278 g/mol. The van der Waals surface area contributed by atoms with Gasteiger partial charge in [-0.05, 0) is 43.5 Å². The zero-order valence-electron chi connectivity index (χ0n) is 11.4. The Hall–Kier alpha value is -1.88. The first kappa shape index (κ1) is 14.5. The average Bonchev–Trinajstić information content (AvgIpc) is 2.49. The molecule has 2 unspecified atom stereocenters. The highest BCUT2D eigenvalue weighted by Crippen LogP contribution is 2.22. The van der Waals surface area contributed by atoms with Crippen molar-refractivity contribution in [1.29, 1.82) is 0 Å². The third kappa shape index (κ3) is 3.36. The largest absolute Gasteiger partial charge is 0.465 e. The lowest BCUT2D eigenvalue weighted by Crippen LogP contribution is -2.34. The van der Waals surface area contributed by atoms with Crippen LogP contribution in [0.25, 0.3) is 0 Å². The summed E-state index contributed by atoms with van der Waals surface area (Å²) in [7, 11) is 1.30. The fourth-order valence-corrected chi connectivity index (χ4v) is 2.28. The van der Waals surface area contributed by atoms with Crippen molar-refractivity contribution in [2.45, 2.75) is 37.9 Å². The highest BCUT2D eigenvalue weighted by Gasteiger charge is 2.26. The maximum absolute atomic E-state index is 12.0. The van der Waals surface area contributed by atoms with E-state index < -0.39 is 24.1 Å². The maximum Gasteiger partial charge on any atom is 0.338 e. The van der Waals surface area contributed by atoms with Crippen molar-refractivity contribution in [3.05, 3.63) is 35.4 Å². The molecule has 20 heavy (non-hydrogen) atoms. The van der Waals surface area contributed by atoms with E-state index in [9.17, 15) is 14.7 Å². The predicted octanol–water partition coefficient (Wildman–Crippen LogP) is 1.93. The first-order valence-corrected chi connectivity index (χ1v) is 6.69. The third-order valence-electron chi connectivity index (χ3n) is 3.47. The van der Waals surface area contributed by atoms with Crippen molar-refractivity contribution < 1.29 is 24.2 Å². The van der Waals surface area contributed by atoms with Gasteiger partial charge < -0.3 is 14.6 Å². The van der Waals surface area contributed by atoms with Crippen LogP contribution in [-0.4, -0.2) is 36.4 Å². The maximum atomic E-state index is 12.0. The SMILES string of the molecule is COC(=O)c1ccc(C(=O)OC2CCCCC2O)cc1. The Labute approximate surface area is 117 Å². The number of aliphatic hydroxyl groups excluding tert-OH is 1. The molecule has 0 heterocycles. The number of esters is 2. The zero-order chi connectivity index (χ0) is 14.5. The van der Waals surface area contributed by atoms with Crippen molar-refractivity contribution >= 4 is 11.9 Å². The van der Waals surface area contributed by atoms with E-state index in [1.54, 1.807) is 0 Å². The summed E-state index contributed by atoms with van der Waals surface area (Å²) in [4.78, 5) is 23.2. The molecule has 0 bridgehead atoms. The Morgan fingerprint density at radius 2 is 1.60 bits per heavy atom. The Morgan fingerprint density at radius 3 is 2.15 bits per heavy atom. The van der Waals surface area contributed by atoms with Gasteiger partial charge >= 0.3 is 11.9 Å². The molecule has 1 saturated carbocycles. The summed E-state index contributed by atoms with van der Waals surface area (Å²) in [5.74, 6) is -0.931. The second-order valence-corrected chi connectivity index (χ2v) is 4.86. The summed E-state index contributed by atoms with van der Waals surface area (Å²) in [5.41, 5.74) is 0.733. The van der Waals surface area contributed by atoms with Gasteiger partial charge in [-0.1, -0.05) is 6.42 Å². The van der Waals surface area contributed by atoms with Crippen LogP contribution in [0.15, 0.2) is 24.3 Å². The van der Waals surface area contributed by atoms with Crippen LogP contribution in [-0.2, 0) is 9.47 Å². The Balaban J connectivity index is 2.00. The minimum atomic E-state index is -0.581. The molecular weight excluding hydrogens is 260 g/mol. The van der Waals surface area contributed by atoms with Crippen LogP contribution in [0, 0.1) is 0 Å². The molecule has 5 heteroatoms. The van der Waals surface area contributed by atoms with Crippen LogP contribution in [0.5, 0.6) is 0 Å². The molecule has 108 valence electrons. The predicted molar refractivity (Wildman–Crippen MR) is 71.5 cm³/mol. The number of ether oxygens (including phenoxy) is 2. The number of methoxy groups -OCH3 is 1. The van der Waals surface area contributed by atoms with Crippen molar-refractivity contribution in [3.63, 3.8) is 0 Å². The van der Waals surface area contributed by atoms with Crippen molar-refractivity contribution in [2.24, 2.45) is 0 Å². The molecule has 1 fully saturated rings. The molecule has 1 aromatic carbocycles. The number of rotatable bonds is 3.